The monoisotopic (exact) mass is 698 g/mol. The number of cyclic esters (lactones) is 1. The van der Waals surface area contributed by atoms with E-state index in [0.29, 0.717) is 13.2 Å². The quantitative estimate of drug-likeness (QED) is 0.182. The number of hydrogen-bond acceptors (Lipinski definition) is 10. The Balaban J connectivity index is 0.000000320. The van der Waals surface area contributed by atoms with Crippen molar-refractivity contribution >= 4 is 20.7 Å². The molecule has 0 bridgehead atoms. The van der Waals surface area contributed by atoms with Crippen LogP contribution in [0, 0.1) is 23.7 Å². The Bertz CT molecular complexity index is 1300. The van der Waals surface area contributed by atoms with Crippen molar-refractivity contribution in [1.82, 2.24) is 0 Å². The average Bonchev–Trinajstić information content (AvgIpc) is 3.00. The molecule has 2 aromatic carbocycles. The number of benzene rings is 2. The summed E-state index contributed by atoms with van der Waals surface area (Å²) < 4.78 is 56.8. The zero-order chi connectivity index (χ0) is 34.1. The fraction of sp³-hybridized carbons (Fsp3) is 0.629. The lowest BCUT2D eigenvalue weighted by Crippen LogP contribution is -2.51. The van der Waals surface area contributed by atoms with Gasteiger partial charge in [0.2, 0.25) is 0 Å². The highest BCUT2D eigenvalue weighted by molar-refractivity contribution is 7.57. The maximum Gasteiger partial charge on any atom is 0.335 e. The number of rotatable bonds is 12. The number of esters is 1. The van der Waals surface area contributed by atoms with E-state index in [1.165, 1.54) is 0 Å². The second-order valence-electron chi connectivity index (χ2n) is 13.1. The second-order valence-corrected chi connectivity index (χ2v) is 18.6. The van der Waals surface area contributed by atoms with Gasteiger partial charge < -0.3 is 33.1 Å². The average molecular weight is 699 g/mol. The van der Waals surface area contributed by atoms with Crippen molar-refractivity contribution in [3.63, 3.8) is 0 Å². The van der Waals surface area contributed by atoms with Crippen molar-refractivity contribution in [1.29, 1.82) is 0 Å². The first-order valence-corrected chi connectivity index (χ1v) is 20.8. The molecule has 0 aromatic heterocycles. The van der Waals surface area contributed by atoms with Crippen molar-refractivity contribution in [3.05, 3.63) is 71.8 Å². The van der Waals surface area contributed by atoms with Crippen LogP contribution in [0.25, 0.3) is 0 Å². The number of aliphatic hydroxyl groups is 1. The zero-order valence-corrected chi connectivity index (χ0v) is 30.1. The van der Waals surface area contributed by atoms with Crippen LogP contribution in [0.4, 0.5) is 0 Å². The number of aliphatic hydroxyl groups excluding tert-OH is 1. The van der Waals surface area contributed by atoms with Gasteiger partial charge in [0.15, 0.2) is 27.1 Å². The smallest absolute Gasteiger partial charge is 0.335 e. The lowest BCUT2D eigenvalue weighted by atomic mass is 9.83. The standard InChI is InChI=1S/C17H27O5P.C17H25O5P.CH4/c2*1-12-13(2)16(20-10-14-8-6-5-7-9-14)17(18)22-15(12)11-21-23(3,4)19;/h5-9,12-13,15-18H,10-11H2,1-4H3;5-9,12-13,15-16H,10-11H2,1-4H3;1H4/t12-,13-,15?,16?,17?;12-,13-,15?,16?;/m00./s1. The van der Waals surface area contributed by atoms with Crippen molar-refractivity contribution in [3.8, 4) is 0 Å². The second kappa shape index (κ2) is 18.8. The Morgan fingerprint density at radius 3 is 1.62 bits per heavy atom. The van der Waals surface area contributed by atoms with Gasteiger partial charge in [-0.05, 0) is 28.9 Å². The van der Waals surface area contributed by atoms with Crippen LogP contribution in [0.1, 0.15) is 46.2 Å². The SMILES string of the molecule is C.C[C@@H]1C(COP(C)(C)=O)OC(=O)C(OCc2ccccc2)[C@H]1C.C[C@@H]1C(COP(C)(C)=O)OC(O)C(OCc2ccccc2)[C@H]1C. The van der Waals surface area contributed by atoms with Crippen LogP contribution >= 0.6 is 14.7 Å². The maximum atomic E-state index is 12.2. The molecule has 2 fully saturated rings. The van der Waals surface area contributed by atoms with Crippen LogP contribution in [0.2, 0.25) is 0 Å². The van der Waals surface area contributed by atoms with Crippen molar-refractivity contribution in [2.75, 3.05) is 39.9 Å². The van der Waals surface area contributed by atoms with Crippen LogP contribution in [0.15, 0.2) is 60.7 Å². The molecule has 2 aromatic rings. The van der Waals surface area contributed by atoms with E-state index >= 15 is 0 Å². The minimum absolute atomic E-state index is 0. The first kappa shape index (κ1) is 41.3. The topological polar surface area (TPSA) is 127 Å². The predicted molar refractivity (Wildman–Crippen MR) is 185 cm³/mol. The van der Waals surface area contributed by atoms with E-state index in [0.717, 1.165) is 11.1 Å². The van der Waals surface area contributed by atoms with Gasteiger partial charge in [-0.3, -0.25) is 9.13 Å². The Morgan fingerprint density at radius 1 is 0.681 bits per heavy atom. The highest BCUT2D eigenvalue weighted by atomic mass is 31.2. The minimum atomic E-state index is -2.59. The number of hydrogen-bond donors (Lipinski definition) is 1. The third-order valence-corrected chi connectivity index (χ3v) is 10.1. The fourth-order valence-electron chi connectivity index (χ4n) is 5.29. The molecule has 12 heteroatoms. The molecule has 4 rings (SSSR count). The van der Waals surface area contributed by atoms with E-state index in [1.54, 1.807) is 26.7 Å². The molecule has 0 saturated carbocycles. The Hall–Kier alpha value is -1.87. The summed E-state index contributed by atoms with van der Waals surface area (Å²) in [4.78, 5) is 12.2. The summed E-state index contributed by atoms with van der Waals surface area (Å²) in [6, 6.07) is 19.6. The molecule has 2 aliphatic rings. The van der Waals surface area contributed by atoms with Gasteiger partial charge in [-0.1, -0.05) is 95.8 Å². The van der Waals surface area contributed by atoms with Gasteiger partial charge in [0, 0.05) is 32.6 Å². The molecule has 0 spiro atoms. The molecule has 1 N–H and O–H groups in total. The summed E-state index contributed by atoms with van der Waals surface area (Å²) in [7, 11) is -5.15. The van der Waals surface area contributed by atoms with E-state index in [-0.39, 0.29) is 62.5 Å². The molecule has 0 aliphatic carbocycles. The molecule has 10 nitrogen and oxygen atoms in total. The normalized spacial score (nSPS) is 29.6. The number of carbonyl (C=O) groups is 1. The van der Waals surface area contributed by atoms with E-state index in [9.17, 15) is 19.0 Å². The zero-order valence-electron chi connectivity index (χ0n) is 28.3. The van der Waals surface area contributed by atoms with Gasteiger partial charge in [0.1, 0.15) is 12.2 Å². The molecule has 0 amide bonds. The van der Waals surface area contributed by atoms with E-state index in [2.05, 4.69) is 0 Å². The third-order valence-electron chi connectivity index (χ3n) is 8.58. The third kappa shape index (κ3) is 13.5. The lowest BCUT2D eigenvalue weighted by Gasteiger charge is -2.42. The summed E-state index contributed by atoms with van der Waals surface area (Å²) in [6.07, 6.45) is -2.66. The Morgan fingerprint density at radius 2 is 1.13 bits per heavy atom. The van der Waals surface area contributed by atoms with Crippen LogP contribution in [0.5, 0.6) is 0 Å². The van der Waals surface area contributed by atoms with Gasteiger partial charge in [0.25, 0.3) is 0 Å². The fourth-order valence-corrected chi connectivity index (χ4v) is 6.31. The van der Waals surface area contributed by atoms with Gasteiger partial charge in [0.05, 0.1) is 32.5 Å². The van der Waals surface area contributed by atoms with E-state index in [4.69, 9.17) is 28.0 Å². The number of carbonyl (C=O) groups excluding carboxylic acids is 1. The van der Waals surface area contributed by atoms with Crippen LogP contribution in [0.3, 0.4) is 0 Å². The van der Waals surface area contributed by atoms with Gasteiger partial charge >= 0.3 is 5.97 Å². The molecular weight excluding hydrogens is 642 g/mol. The Kier molecular flexibility index (Phi) is 16.5. The molecule has 0 radical (unpaired) electrons. The summed E-state index contributed by atoms with van der Waals surface area (Å²) in [5, 5.41) is 10.3. The summed E-state index contributed by atoms with van der Waals surface area (Å²) in [6.45, 7) is 15.5. The first-order chi connectivity index (χ1) is 21.6. The molecular formula is C35H56O10P2. The summed E-state index contributed by atoms with van der Waals surface area (Å²) in [5.41, 5.74) is 2.08. The van der Waals surface area contributed by atoms with E-state index < -0.39 is 33.2 Å². The molecule has 266 valence electrons. The molecule has 47 heavy (non-hydrogen) atoms. The molecule has 2 heterocycles. The van der Waals surface area contributed by atoms with Crippen molar-refractivity contribution in [2.45, 2.75) is 79.0 Å². The number of ether oxygens (including phenoxy) is 4. The largest absolute Gasteiger partial charge is 0.458 e. The lowest BCUT2D eigenvalue weighted by molar-refractivity contribution is -0.268. The molecule has 2 saturated heterocycles. The van der Waals surface area contributed by atoms with Crippen molar-refractivity contribution < 1.29 is 47.0 Å². The minimum Gasteiger partial charge on any atom is -0.458 e. The summed E-state index contributed by atoms with van der Waals surface area (Å²) >= 11 is 0. The van der Waals surface area contributed by atoms with Gasteiger partial charge in [-0.15, -0.1) is 0 Å². The van der Waals surface area contributed by atoms with Crippen LogP contribution in [-0.2, 0) is 55.1 Å². The maximum absolute atomic E-state index is 12.2. The van der Waals surface area contributed by atoms with Crippen LogP contribution in [-0.4, -0.2) is 81.7 Å². The predicted octanol–water partition coefficient (Wildman–Crippen LogP) is 7.08. The van der Waals surface area contributed by atoms with Gasteiger partial charge in [-0.2, -0.15) is 0 Å². The molecule has 5 unspecified atom stereocenters. The van der Waals surface area contributed by atoms with Gasteiger partial charge in [-0.25, -0.2) is 4.79 Å². The van der Waals surface area contributed by atoms with Crippen molar-refractivity contribution in [2.24, 2.45) is 23.7 Å². The summed E-state index contributed by atoms with van der Waals surface area (Å²) in [5.74, 6) is -0.0706. The van der Waals surface area contributed by atoms with E-state index in [1.807, 2.05) is 88.4 Å². The molecule has 9 atom stereocenters. The highest BCUT2D eigenvalue weighted by Crippen LogP contribution is 2.41. The Labute approximate surface area is 281 Å². The van der Waals surface area contributed by atoms with Crippen LogP contribution < -0.4 is 0 Å². The highest BCUT2D eigenvalue weighted by Gasteiger charge is 2.43. The molecule has 2 aliphatic heterocycles. The first-order valence-electron chi connectivity index (χ1n) is 15.8.